The summed E-state index contributed by atoms with van der Waals surface area (Å²) < 4.78 is 15.4. The summed E-state index contributed by atoms with van der Waals surface area (Å²) in [6.45, 7) is 3.56. The summed E-state index contributed by atoms with van der Waals surface area (Å²) >= 11 is 0. The first kappa shape index (κ1) is 15.0. The predicted molar refractivity (Wildman–Crippen MR) is 79.1 cm³/mol. The van der Waals surface area contributed by atoms with Gasteiger partial charge in [-0.25, -0.2) is 4.39 Å². The quantitative estimate of drug-likeness (QED) is 0.939. The molecule has 1 heterocycles. The first-order chi connectivity index (χ1) is 9.93. The van der Waals surface area contributed by atoms with Gasteiger partial charge in [0.2, 0.25) is 0 Å². The second-order valence-corrected chi connectivity index (χ2v) is 4.99. The SMILES string of the molecule is CNC(=O)c1cc(C)cn(Cc2cccc(C)c2F)c1=O. The molecule has 21 heavy (non-hydrogen) atoms. The lowest BCUT2D eigenvalue weighted by Gasteiger charge is -2.11. The van der Waals surface area contributed by atoms with Crippen LogP contribution in [0.3, 0.4) is 0 Å². The number of amides is 1. The van der Waals surface area contributed by atoms with E-state index >= 15 is 0 Å². The highest BCUT2D eigenvalue weighted by Crippen LogP contribution is 2.13. The average molecular weight is 288 g/mol. The molecule has 0 spiro atoms. The number of aryl methyl sites for hydroxylation is 2. The standard InChI is InChI=1S/C16H17FN2O2/c1-10-7-13(15(20)18-3)16(21)19(8-10)9-12-6-4-5-11(2)14(12)17/h4-8H,9H2,1-3H3,(H,18,20). The number of nitrogens with zero attached hydrogens (tertiary/aromatic N) is 1. The molecule has 0 saturated heterocycles. The molecule has 1 amide bonds. The van der Waals surface area contributed by atoms with Gasteiger partial charge in [0.25, 0.3) is 11.5 Å². The summed E-state index contributed by atoms with van der Waals surface area (Å²) in [7, 11) is 1.47. The second-order valence-electron chi connectivity index (χ2n) is 4.99. The Labute approximate surface area is 122 Å². The van der Waals surface area contributed by atoms with Gasteiger partial charge in [-0.2, -0.15) is 0 Å². The van der Waals surface area contributed by atoms with Gasteiger partial charge in [0, 0.05) is 18.8 Å². The first-order valence-electron chi connectivity index (χ1n) is 6.61. The minimum Gasteiger partial charge on any atom is -0.355 e. The fraction of sp³-hybridized carbons (Fsp3) is 0.250. The van der Waals surface area contributed by atoms with Gasteiger partial charge in [0.1, 0.15) is 11.4 Å². The second kappa shape index (κ2) is 5.91. The molecule has 2 rings (SSSR count). The lowest BCUT2D eigenvalue weighted by atomic mass is 10.1. The summed E-state index contributed by atoms with van der Waals surface area (Å²) in [6, 6.07) is 6.59. The first-order valence-corrected chi connectivity index (χ1v) is 6.61. The van der Waals surface area contributed by atoms with Crippen molar-refractivity contribution < 1.29 is 9.18 Å². The van der Waals surface area contributed by atoms with E-state index < -0.39 is 11.5 Å². The van der Waals surface area contributed by atoms with E-state index in [4.69, 9.17) is 0 Å². The normalized spacial score (nSPS) is 10.5. The topological polar surface area (TPSA) is 51.1 Å². The van der Waals surface area contributed by atoms with Crippen LogP contribution in [0.4, 0.5) is 4.39 Å². The molecular weight excluding hydrogens is 271 g/mol. The van der Waals surface area contributed by atoms with Crippen molar-refractivity contribution in [1.82, 2.24) is 9.88 Å². The molecule has 0 atom stereocenters. The van der Waals surface area contributed by atoms with Gasteiger partial charge in [-0.3, -0.25) is 9.59 Å². The Balaban J connectivity index is 2.50. The minimum absolute atomic E-state index is 0.0607. The maximum Gasteiger partial charge on any atom is 0.263 e. The summed E-state index contributed by atoms with van der Waals surface area (Å²) in [5.41, 5.74) is 1.35. The fourth-order valence-electron chi connectivity index (χ4n) is 2.21. The van der Waals surface area contributed by atoms with E-state index in [-0.39, 0.29) is 17.9 Å². The number of nitrogens with one attached hydrogen (secondary N) is 1. The van der Waals surface area contributed by atoms with E-state index in [9.17, 15) is 14.0 Å². The molecule has 1 aromatic heterocycles. The number of rotatable bonds is 3. The molecule has 2 aromatic rings. The van der Waals surface area contributed by atoms with E-state index in [0.29, 0.717) is 11.1 Å². The number of carbonyl (C=O) groups is 1. The van der Waals surface area contributed by atoms with Crippen molar-refractivity contribution in [1.29, 1.82) is 0 Å². The van der Waals surface area contributed by atoms with Gasteiger partial charge in [-0.1, -0.05) is 18.2 Å². The Morgan fingerprint density at radius 3 is 2.71 bits per heavy atom. The number of aromatic nitrogens is 1. The third kappa shape index (κ3) is 3.02. The highest BCUT2D eigenvalue weighted by molar-refractivity contribution is 5.93. The van der Waals surface area contributed by atoms with E-state index in [1.807, 2.05) is 0 Å². The van der Waals surface area contributed by atoms with Crippen LogP contribution in [0.15, 0.2) is 35.3 Å². The molecule has 4 nitrogen and oxygen atoms in total. The van der Waals surface area contributed by atoms with Gasteiger partial charge in [0.05, 0.1) is 6.54 Å². The average Bonchev–Trinajstić information content (AvgIpc) is 2.46. The molecule has 0 aliphatic heterocycles. The van der Waals surface area contributed by atoms with Crippen LogP contribution in [-0.4, -0.2) is 17.5 Å². The number of hydrogen-bond acceptors (Lipinski definition) is 2. The minimum atomic E-state index is -0.442. The van der Waals surface area contributed by atoms with E-state index in [2.05, 4.69) is 5.32 Å². The van der Waals surface area contributed by atoms with Crippen molar-refractivity contribution in [3.05, 3.63) is 68.9 Å². The fourth-order valence-corrected chi connectivity index (χ4v) is 2.21. The molecule has 0 aliphatic rings. The van der Waals surface area contributed by atoms with Crippen molar-refractivity contribution in [2.24, 2.45) is 0 Å². The largest absolute Gasteiger partial charge is 0.355 e. The predicted octanol–water partition coefficient (Wildman–Crippen LogP) is 2.01. The van der Waals surface area contributed by atoms with Crippen molar-refractivity contribution in [2.75, 3.05) is 7.05 Å². The zero-order valence-electron chi connectivity index (χ0n) is 12.2. The van der Waals surface area contributed by atoms with Gasteiger partial charge in [-0.05, 0) is 31.0 Å². The van der Waals surface area contributed by atoms with Crippen LogP contribution in [-0.2, 0) is 6.54 Å². The maximum atomic E-state index is 14.1. The van der Waals surface area contributed by atoms with Crippen LogP contribution in [0.25, 0.3) is 0 Å². The molecule has 1 aromatic carbocycles. The van der Waals surface area contributed by atoms with Crippen LogP contribution >= 0.6 is 0 Å². The Morgan fingerprint density at radius 1 is 1.33 bits per heavy atom. The number of benzene rings is 1. The maximum absolute atomic E-state index is 14.1. The van der Waals surface area contributed by atoms with Crippen LogP contribution in [0, 0.1) is 19.7 Å². The molecule has 0 fully saturated rings. The summed E-state index contributed by atoms with van der Waals surface area (Å²) in [4.78, 5) is 24.0. The van der Waals surface area contributed by atoms with E-state index in [1.165, 1.54) is 17.7 Å². The zero-order chi connectivity index (χ0) is 15.6. The molecule has 0 unspecified atom stereocenters. The Hall–Kier alpha value is -2.43. The third-order valence-corrected chi connectivity index (χ3v) is 3.31. The monoisotopic (exact) mass is 288 g/mol. The van der Waals surface area contributed by atoms with Crippen molar-refractivity contribution in [2.45, 2.75) is 20.4 Å². The molecule has 0 aliphatic carbocycles. The molecule has 5 heteroatoms. The van der Waals surface area contributed by atoms with Gasteiger partial charge in [-0.15, -0.1) is 0 Å². The summed E-state index contributed by atoms with van der Waals surface area (Å²) in [5, 5.41) is 2.43. The van der Waals surface area contributed by atoms with Gasteiger partial charge in [0.15, 0.2) is 0 Å². The Bertz CT molecular complexity index is 750. The zero-order valence-corrected chi connectivity index (χ0v) is 12.2. The number of carbonyl (C=O) groups excluding carboxylic acids is 1. The summed E-state index contributed by atoms with van der Waals surface area (Å²) in [5.74, 6) is -0.769. The molecule has 110 valence electrons. The highest BCUT2D eigenvalue weighted by atomic mass is 19.1. The van der Waals surface area contributed by atoms with E-state index in [1.54, 1.807) is 38.2 Å². The molecule has 0 saturated carbocycles. The number of halogens is 1. The number of pyridine rings is 1. The van der Waals surface area contributed by atoms with Gasteiger partial charge >= 0.3 is 0 Å². The Kier molecular flexibility index (Phi) is 4.21. The van der Waals surface area contributed by atoms with Crippen molar-refractivity contribution in [3.8, 4) is 0 Å². The summed E-state index contributed by atoms with van der Waals surface area (Å²) in [6.07, 6.45) is 1.62. The smallest absolute Gasteiger partial charge is 0.263 e. The van der Waals surface area contributed by atoms with Crippen molar-refractivity contribution >= 4 is 5.91 Å². The molecule has 1 N–H and O–H groups in total. The molecule has 0 bridgehead atoms. The van der Waals surface area contributed by atoms with Crippen LogP contribution in [0.1, 0.15) is 27.0 Å². The van der Waals surface area contributed by atoms with Crippen LogP contribution in [0.2, 0.25) is 0 Å². The molecular formula is C16H17FN2O2. The van der Waals surface area contributed by atoms with Crippen LogP contribution < -0.4 is 10.9 Å². The van der Waals surface area contributed by atoms with Crippen molar-refractivity contribution in [3.63, 3.8) is 0 Å². The van der Waals surface area contributed by atoms with Crippen LogP contribution in [0.5, 0.6) is 0 Å². The number of hydrogen-bond donors (Lipinski definition) is 1. The molecule has 0 radical (unpaired) electrons. The van der Waals surface area contributed by atoms with Gasteiger partial charge < -0.3 is 9.88 Å². The Morgan fingerprint density at radius 2 is 2.05 bits per heavy atom. The van der Waals surface area contributed by atoms with E-state index in [0.717, 1.165) is 5.56 Å². The lowest BCUT2D eigenvalue weighted by Crippen LogP contribution is -2.31. The third-order valence-electron chi connectivity index (χ3n) is 3.31. The lowest BCUT2D eigenvalue weighted by molar-refractivity contribution is 0.0961. The highest BCUT2D eigenvalue weighted by Gasteiger charge is 2.13.